The van der Waals surface area contributed by atoms with Crippen LogP contribution in [-0.4, -0.2) is 37.2 Å². The highest BCUT2D eigenvalue weighted by molar-refractivity contribution is 5.71. The summed E-state index contributed by atoms with van der Waals surface area (Å²) in [7, 11) is 0. The van der Waals surface area contributed by atoms with Crippen molar-refractivity contribution in [2.24, 2.45) is 0 Å². The zero-order valence-corrected chi connectivity index (χ0v) is 48.9. The van der Waals surface area contributed by atoms with Gasteiger partial charge in [-0.15, -0.1) is 0 Å². The van der Waals surface area contributed by atoms with Gasteiger partial charge in [0.25, 0.3) is 0 Å². The van der Waals surface area contributed by atoms with Crippen LogP contribution < -0.4 is 0 Å². The number of carbonyl (C=O) groups is 3. The molecule has 1 unspecified atom stereocenters. The molecule has 6 nitrogen and oxygen atoms in total. The largest absolute Gasteiger partial charge is 0.462 e. The van der Waals surface area contributed by atoms with Crippen LogP contribution in [0, 0.1) is 0 Å². The van der Waals surface area contributed by atoms with Crippen molar-refractivity contribution in [3.63, 3.8) is 0 Å². The van der Waals surface area contributed by atoms with Crippen molar-refractivity contribution in [3.05, 3.63) is 48.6 Å². The Labute approximate surface area is 454 Å². The van der Waals surface area contributed by atoms with E-state index in [9.17, 15) is 14.4 Å². The smallest absolute Gasteiger partial charge is 0.306 e. The topological polar surface area (TPSA) is 78.9 Å². The molecular formula is C67H122O6. The van der Waals surface area contributed by atoms with E-state index >= 15 is 0 Å². The second kappa shape index (κ2) is 61.9. The number of ether oxygens (including phenoxy) is 3. The summed E-state index contributed by atoms with van der Waals surface area (Å²) in [6, 6.07) is 0. The molecule has 0 saturated heterocycles. The second-order valence-electron chi connectivity index (χ2n) is 21.7. The first kappa shape index (κ1) is 70.4. The average Bonchev–Trinajstić information content (AvgIpc) is 3.39. The van der Waals surface area contributed by atoms with Gasteiger partial charge >= 0.3 is 17.9 Å². The highest BCUT2D eigenvalue weighted by Crippen LogP contribution is 2.17. The molecule has 0 radical (unpaired) electrons. The van der Waals surface area contributed by atoms with Crippen molar-refractivity contribution in [3.8, 4) is 0 Å². The van der Waals surface area contributed by atoms with Crippen molar-refractivity contribution in [2.45, 2.75) is 348 Å². The molecule has 0 amide bonds. The van der Waals surface area contributed by atoms with E-state index in [1.807, 2.05) is 0 Å². The molecule has 0 heterocycles. The minimum absolute atomic E-state index is 0.0750. The predicted octanol–water partition coefficient (Wildman–Crippen LogP) is 21.8. The minimum Gasteiger partial charge on any atom is -0.462 e. The van der Waals surface area contributed by atoms with E-state index in [0.717, 1.165) is 89.9 Å². The first-order valence-electron chi connectivity index (χ1n) is 32.1. The number of rotatable bonds is 59. The number of hydrogen-bond acceptors (Lipinski definition) is 6. The third kappa shape index (κ3) is 60.1. The molecular weight excluding hydrogens is 901 g/mol. The van der Waals surface area contributed by atoms with Gasteiger partial charge in [-0.05, 0) is 83.5 Å². The van der Waals surface area contributed by atoms with Gasteiger partial charge in [0.1, 0.15) is 13.2 Å². The zero-order chi connectivity index (χ0) is 52.9. The Bertz CT molecular complexity index is 1270. The third-order valence-corrected chi connectivity index (χ3v) is 14.3. The molecule has 0 bridgehead atoms. The maximum atomic E-state index is 12.9. The van der Waals surface area contributed by atoms with Crippen molar-refractivity contribution in [1.82, 2.24) is 0 Å². The maximum Gasteiger partial charge on any atom is 0.306 e. The summed E-state index contributed by atoms with van der Waals surface area (Å²) in [6.07, 6.45) is 76.9. The van der Waals surface area contributed by atoms with E-state index < -0.39 is 6.10 Å². The fourth-order valence-corrected chi connectivity index (χ4v) is 9.45. The predicted molar refractivity (Wildman–Crippen MR) is 316 cm³/mol. The Hall–Kier alpha value is -2.63. The van der Waals surface area contributed by atoms with Crippen LogP contribution in [-0.2, 0) is 28.6 Å². The summed E-state index contributed by atoms with van der Waals surface area (Å²) in [5.41, 5.74) is 0. The van der Waals surface area contributed by atoms with Gasteiger partial charge in [-0.1, -0.05) is 288 Å². The molecule has 0 aliphatic heterocycles. The van der Waals surface area contributed by atoms with E-state index in [1.165, 1.54) is 212 Å². The number of carbonyl (C=O) groups excluding carboxylic acids is 3. The van der Waals surface area contributed by atoms with Crippen LogP contribution in [0.3, 0.4) is 0 Å². The molecule has 0 aliphatic rings. The molecule has 0 aromatic rings. The molecule has 0 N–H and O–H groups in total. The molecule has 1 atom stereocenters. The quantitative estimate of drug-likeness (QED) is 0.0261. The molecule has 0 spiro atoms. The molecule has 0 rings (SSSR count). The summed E-state index contributed by atoms with van der Waals surface area (Å²) in [5.74, 6) is -0.869. The van der Waals surface area contributed by atoms with Gasteiger partial charge in [0.05, 0.1) is 0 Å². The third-order valence-electron chi connectivity index (χ3n) is 14.3. The lowest BCUT2D eigenvalue weighted by atomic mass is 10.0. The van der Waals surface area contributed by atoms with E-state index in [2.05, 4.69) is 69.4 Å². The second-order valence-corrected chi connectivity index (χ2v) is 21.7. The highest BCUT2D eigenvalue weighted by Gasteiger charge is 2.19. The molecule has 73 heavy (non-hydrogen) atoms. The van der Waals surface area contributed by atoms with Crippen LogP contribution in [0.15, 0.2) is 48.6 Å². The highest BCUT2D eigenvalue weighted by atomic mass is 16.6. The van der Waals surface area contributed by atoms with Crippen LogP contribution in [0.5, 0.6) is 0 Å². The Morgan fingerprint density at radius 1 is 0.274 bits per heavy atom. The van der Waals surface area contributed by atoms with Gasteiger partial charge < -0.3 is 14.2 Å². The van der Waals surface area contributed by atoms with E-state index in [4.69, 9.17) is 14.2 Å². The molecule has 0 aromatic carbocycles. The lowest BCUT2D eigenvalue weighted by molar-refractivity contribution is -0.167. The minimum atomic E-state index is -0.779. The fraction of sp³-hybridized carbons (Fsp3) is 0.836. The number of esters is 3. The standard InChI is InChI=1S/C67H122O6/c1-4-7-10-13-16-19-22-25-28-30-31-32-33-34-35-36-37-38-40-42-45-48-51-54-57-60-66(69)72-63-64(62-71-65(68)59-56-53-50-47-44-41-27-24-21-18-15-12-9-6-3)73-67(70)61-58-55-52-49-46-43-39-29-26-23-20-17-14-11-8-5-2/h20,22-23,25,29-31,39,64H,4-19,21,24,26-28,32-38,40-63H2,1-3H3/b23-20-,25-22-,31-30-,39-29-. The van der Waals surface area contributed by atoms with E-state index in [-0.39, 0.29) is 31.1 Å². The molecule has 426 valence electrons. The Balaban J connectivity index is 4.28. The number of hydrogen-bond donors (Lipinski definition) is 0. The van der Waals surface area contributed by atoms with Crippen LogP contribution in [0.25, 0.3) is 0 Å². The summed E-state index contributed by atoms with van der Waals surface area (Å²) in [5, 5.41) is 0. The summed E-state index contributed by atoms with van der Waals surface area (Å²) >= 11 is 0. The Morgan fingerprint density at radius 2 is 0.493 bits per heavy atom. The van der Waals surface area contributed by atoms with Crippen molar-refractivity contribution >= 4 is 17.9 Å². The first-order chi connectivity index (χ1) is 36.0. The molecule has 0 aromatic heterocycles. The van der Waals surface area contributed by atoms with Gasteiger partial charge in [-0.3, -0.25) is 14.4 Å². The first-order valence-corrected chi connectivity index (χ1v) is 32.1. The maximum absolute atomic E-state index is 12.9. The normalized spacial score (nSPS) is 12.3. The summed E-state index contributed by atoms with van der Waals surface area (Å²) in [4.78, 5) is 38.3. The van der Waals surface area contributed by atoms with E-state index in [0.29, 0.717) is 19.3 Å². The number of allylic oxidation sites excluding steroid dienone is 8. The number of unbranched alkanes of at least 4 members (excludes halogenated alkanes) is 40. The van der Waals surface area contributed by atoms with Gasteiger partial charge in [-0.2, -0.15) is 0 Å². The van der Waals surface area contributed by atoms with Crippen molar-refractivity contribution in [2.75, 3.05) is 13.2 Å². The van der Waals surface area contributed by atoms with Gasteiger partial charge in [0.15, 0.2) is 6.10 Å². The van der Waals surface area contributed by atoms with Crippen LogP contribution in [0.1, 0.15) is 342 Å². The Morgan fingerprint density at radius 3 is 0.767 bits per heavy atom. The molecule has 0 aliphatic carbocycles. The monoisotopic (exact) mass is 1020 g/mol. The lowest BCUT2D eigenvalue weighted by Crippen LogP contribution is -2.30. The molecule has 6 heteroatoms. The fourth-order valence-electron chi connectivity index (χ4n) is 9.45. The van der Waals surface area contributed by atoms with Gasteiger partial charge in [-0.25, -0.2) is 0 Å². The van der Waals surface area contributed by atoms with Crippen LogP contribution in [0.2, 0.25) is 0 Å². The van der Waals surface area contributed by atoms with Crippen LogP contribution in [0.4, 0.5) is 0 Å². The molecule has 0 fully saturated rings. The SMILES string of the molecule is CCCCCC/C=C\C/C=C\CCCCCCCC(=O)OC(COC(=O)CCCCCCCCCCCCCCCC)COC(=O)CCCCCCCCCCCCCCC/C=C\C/C=C\CCCCCCC. The van der Waals surface area contributed by atoms with E-state index in [1.54, 1.807) is 0 Å². The Kier molecular flexibility index (Phi) is 59.7. The summed E-state index contributed by atoms with van der Waals surface area (Å²) < 4.78 is 16.9. The van der Waals surface area contributed by atoms with Gasteiger partial charge in [0, 0.05) is 19.3 Å². The zero-order valence-electron chi connectivity index (χ0n) is 48.9. The summed E-state index contributed by atoms with van der Waals surface area (Å²) in [6.45, 7) is 6.65. The van der Waals surface area contributed by atoms with Crippen LogP contribution >= 0.6 is 0 Å². The molecule has 0 saturated carbocycles. The van der Waals surface area contributed by atoms with Crippen molar-refractivity contribution in [1.29, 1.82) is 0 Å². The lowest BCUT2D eigenvalue weighted by Gasteiger charge is -2.18. The van der Waals surface area contributed by atoms with Crippen molar-refractivity contribution < 1.29 is 28.6 Å². The average molecular weight is 1020 g/mol. The van der Waals surface area contributed by atoms with Gasteiger partial charge in [0.2, 0.25) is 0 Å².